The number of H-pyrrole nitrogens is 1. The molecular weight excluding hydrogens is 480 g/mol. The number of nitro benzene ring substituents is 1. The Morgan fingerprint density at radius 1 is 1.18 bits per heavy atom. The number of fused-ring (bicyclic) bond motifs is 6. The average Bonchev–Trinajstić information content (AvgIpc) is 3.51. The van der Waals surface area contributed by atoms with Crippen molar-refractivity contribution in [3.8, 4) is 5.75 Å². The lowest BCUT2D eigenvalue weighted by Crippen LogP contribution is -2.33. The molecule has 9 heteroatoms. The first-order valence-electron chi connectivity index (χ1n) is 11.0. The topological polar surface area (TPSA) is 85.2 Å². The van der Waals surface area contributed by atoms with E-state index in [1.165, 1.54) is 36.7 Å². The summed E-state index contributed by atoms with van der Waals surface area (Å²) in [5.41, 5.74) is 1.69. The van der Waals surface area contributed by atoms with Gasteiger partial charge in [-0.3, -0.25) is 14.9 Å². The minimum absolute atomic E-state index is 0.0393. The van der Waals surface area contributed by atoms with Crippen molar-refractivity contribution in [2.75, 3.05) is 0 Å². The van der Waals surface area contributed by atoms with E-state index in [1.54, 1.807) is 23.9 Å². The summed E-state index contributed by atoms with van der Waals surface area (Å²) in [5, 5.41) is 13.6. The third kappa shape index (κ3) is 3.59. The first-order valence-corrected chi connectivity index (χ1v) is 13.1. The first-order chi connectivity index (χ1) is 16.0. The summed E-state index contributed by atoms with van der Waals surface area (Å²) in [6, 6.07) is 12.3. The Balaban J connectivity index is 1.46. The maximum absolute atomic E-state index is 12.3. The van der Waals surface area contributed by atoms with E-state index in [0.717, 1.165) is 21.0 Å². The number of non-ortho nitro benzene ring substituents is 1. The van der Waals surface area contributed by atoms with E-state index >= 15 is 0 Å². The van der Waals surface area contributed by atoms with Gasteiger partial charge in [-0.2, -0.15) is 0 Å². The van der Waals surface area contributed by atoms with E-state index < -0.39 is 0 Å². The molecule has 1 aliphatic heterocycles. The summed E-state index contributed by atoms with van der Waals surface area (Å²) >= 11 is 9.35. The molecule has 1 aromatic heterocycles. The van der Waals surface area contributed by atoms with Crippen LogP contribution in [0.2, 0.25) is 5.02 Å². The smallest absolute Gasteiger partial charge is 0.305 e. The van der Waals surface area contributed by atoms with Crippen LogP contribution in [-0.4, -0.2) is 15.2 Å². The Hall–Kier alpha value is -2.29. The van der Waals surface area contributed by atoms with Gasteiger partial charge in [-0.15, -0.1) is 11.8 Å². The number of nitrogens with zero attached hydrogens (tertiary/aromatic N) is 1. The van der Waals surface area contributed by atoms with Gasteiger partial charge in [0.1, 0.15) is 12.4 Å². The molecule has 0 saturated heterocycles. The van der Waals surface area contributed by atoms with E-state index in [0.29, 0.717) is 33.8 Å². The maximum atomic E-state index is 12.3. The number of benzene rings is 2. The van der Waals surface area contributed by atoms with Gasteiger partial charge in [0.15, 0.2) is 0 Å². The molecule has 2 heterocycles. The highest BCUT2D eigenvalue weighted by Gasteiger charge is 2.55. The van der Waals surface area contributed by atoms with Crippen LogP contribution in [0.15, 0.2) is 52.3 Å². The van der Waals surface area contributed by atoms with Crippen LogP contribution in [0.1, 0.15) is 41.2 Å². The molecule has 0 amide bonds. The highest BCUT2D eigenvalue weighted by atomic mass is 35.5. The highest BCUT2D eigenvalue weighted by molar-refractivity contribution is 8.00. The third-order valence-corrected chi connectivity index (χ3v) is 10.3. The van der Waals surface area contributed by atoms with Crippen molar-refractivity contribution in [1.82, 2.24) is 4.98 Å². The molecular formula is C24H21ClN2O4S2. The quantitative estimate of drug-likeness (QED) is 0.331. The lowest BCUT2D eigenvalue weighted by atomic mass is 9.74. The highest BCUT2D eigenvalue weighted by Crippen LogP contribution is 2.64. The fraction of sp³-hybridized carbons (Fsp3) is 0.375. The molecule has 6 nitrogen and oxygen atoms in total. The molecule has 2 aliphatic carbocycles. The number of thioether (sulfide) groups is 1. The molecule has 0 radical (unpaired) electrons. The number of thiazole rings is 1. The fourth-order valence-corrected chi connectivity index (χ4v) is 9.07. The zero-order chi connectivity index (χ0) is 22.7. The van der Waals surface area contributed by atoms with E-state index in [4.69, 9.17) is 16.3 Å². The van der Waals surface area contributed by atoms with Gasteiger partial charge in [-0.1, -0.05) is 41.1 Å². The van der Waals surface area contributed by atoms with Crippen molar-refractivity contribution in [1.29, 1.82) is 0 Å². The van der Waals surface area contributed by atoms with Crippen molar-refractivity contribution >= 4 is 40.4 Å². The van der Waals surface area contributed by atoms with Crippen molar-refractivity contribution in [2.24, 2.45) is 17.8 Å². The van der Waals surface area contributed by atoms with Crippen molar-refractivity contribution in [2.45, 2.75) is 42.1 Å². The number of halogens is 1. The van der Waals surface area contributed by atoms with Crippen LogP contribution in [0.3, 0.4) is 0 Å². The third-order valence-electron chi connectivity index (χ3n) is 7.35. The molecule has 3 aromatic rings. The van der Waals surface area contributed by atoms with E-state index in [9.17, 15) is 14.9 Å². The normalized spacial score (nSPS) is 27.2. The fourth-order valence-electron chi connectivity index (χ4n) is 5.99. The lowest BCUT2D eigenvalue weighted by molar-refractivity contribution is -0.385. The Morgan fingerprint density at radius 3 is 2.82 bits per heavy atom. The number of nitro groups is 1. The van der Waals surface area contributed by atoms with Crippen LogP contribution in [0.25, 0.3) is 0 Å². The maximum Gasteiger partial charge on any atom is 0.305 e. The van der Waals surface area contributed by atoms with Crippen molar-refractivity contribution in [3.63, 3.8) is 0 Å². The molecule has 2 bridgehead atoms. The summed E-state index contributed by atoms with van der Waals surface area (Å²) in [6.07, 6.45) is 3.60. The van der Waals surface area contributed by atoms with Gasteiger partial charge in [-0.25, -0.2) is 0 Å². The molecule has 1 N–H and O–H groups in total. The van der Waals surface area contributed by atoms with Gasteiger partial charge in [0.2, 0.25) is 0 Å². The van der Waals surface area contributed by atoms with Crippen LogP contribution < -0.4 is 9.61 Å². The second kappa shape index (κ2) is 8.18. The van der Waals surface area contributed by atoms with Crippen LogP contribution >= 0.6 is 34.7 Å². The van der Waals surface area contributed by atoms with Gasteiger partial charge in [0, 0.05) is 44.3 Å². The molecule has 6 rings (SSSR count). The van der Waals surface area contributed by atoms with E-state index in [-0.39, 0.29) is 28.0 Å². The minimum atomic E-state index is -0.363. The number of nitrogens with one attached hydrogen (secondary N) is 1. The van der Waals surface area contributed by atoms with Crippen molar-refractivity contribution < 1.29 is 9.66 Å². The summed E-state index contributed by atoms with van der Waals surface area (Å²) in [6.45, 7) is 0.266. The molecule has 0 spiro atoms. The summed E-state index contributed by atoms with van der Waals surface area (Å²) in [4.78, 5) is 27.6. The molecule has 170 valence electrons. The number of hydrogen-bond donors (Lipinski definition) is 1. The Labute approximate surface area is 203 Å². The van der Waals surface area contributed by atoms with Crippen LogP contribution in [-0.2, 0) is 6.61 Å². The van der Waals surface area contributed by atoms with Crippen molar-refractivity contribution in [3.05, 3.63) is 83.3 Å². The van der Waals surface area contributed by atoms with Crippen LogP contribution in [0.5, 0.6) is 5.75 Å². The van der Waals surface area contributed by atoms with Crippen LogP contribution in [0.4, 0.5) is 5.69 Å². The number of rotatable bonds is 5. The largest absolute Gasteiger partial charge is 0.489 e. The molecule has 2 aromatic carbocycles. The Kier molecular flexibility index (Phi) is 5.27. The molecule has 3 aliphatic rings. The molecule has 5 atom stereocenters. The van der Waals surface area contributed by atoms with E-state index in [1.807, 2.05) is 24.3 Å². The number of hydrogen-bond acceptors (Lipinski definition) is 6. The lowest BCUT2D eigenvalue weighted by Gasteiger charge is -2.40. The summed E-state index contributed by atoms with van der Waals surface area (Å²) in [7, 11) is 0. The monoisotopic (exact) mass is 500 g/mol. The van der Waals surface area contributed by atoms with Gasteiger partial charge < -0.3 is 9.72 Å². The standard InChI is InChI=1S/C24H21ClN2O4S2/c25-17-4-2-1-3-14(17)11-31-18-8-7-15(27(29)30)10-16(18)20-19-12-5-6-13(9-12)21(19)32-23-22(20)33-24(28)26-23/h1-4,7-8,10,12-13,19-21H,5-6,9,11H2,(H,26,28). The molecule has 5 unspecified atom stereocenters. The second-order valence-corrected chi connectivity index (χ2v) is 11.6. The zero-order valence-corrected chi connectivity index (χ0v) is 19.9. The van der Waals surface area contributed by atoms with Gasteiger partial charge in [0.25, 0.3) is 5.69 Å². The second-order valence-electron chi connectivity index (χ2n) is 9.04. The first kappa shape index (κ1) is 21.3. The van der Waals surface area contributed by atoms with E-state index in [2.05, 4.69) is 4.98 Å². The predicted octanol–water partition coefficient (Wildman–Crippen LogP) is 6.23. The molecule has 2 fully saturated rings. The summed E-state index contributed by atoms with van der Waals surface area (Å²) in [5.74, 6) is 2.07. The average molecular weight is 501 g/mol. The number of aromatic amines is 1. The summed E-state index contributed by atoms with van der Waals surface area (Å²) < 4.78 is 6.24. The van der Waals surface area contributed by atoms with Gasteiger partial charge >= 0.3 is 4.87 Å². The molecule has 2 saturated carbocycles. The molecule has 33 heavy (non-hydrogen) atoms. The predicted molar refractivity (Wildman–Crippen MR) is 130 cm³/mol. The zero-order valence-electron chi connectivity index (χ0n) is 17.5. The Morgan fingerprint density at radius 2 is 2.00 bits per heavy atom. The SMILES string of the molecule is O=c1[nH]c2c(s1)C(c1cc([N+](=O)[O-])ccc1OCc1ccccc1Cl)C1C3CCC(C3)C1S2. The number of ether oxygens (including phenoxy) is 1. The minimum Gasteiger partial charge on any atom is -0.489 e. The Bertz CT molecular complexity index is 1310. The number of aromatic nitrogens is 1. The van der Waals surface area contributed by atoms with Crippen LogP contribution in [0, 0.1) is 27.9 Å². The van der Waals surface area contributed by atoms with Gasteiger partial charge in [0.05, 0.1) is 9.95 Å². The van der Waals surface area contributed by atoms with Gasteiger partial charge in [-0.05, 0) is 49.1 Å².